The highest BCUT2D eigenvalue weighted by Crippen LogP contribution is 2.48. The van der Waals surface area contributed by atoms with Gasteiger partial charge < -0.3 is 30.4 Å². The summed E-state index contributed by atoms with van der Waals surface area (Å²) < 4.78 is 60.6. The number of nitrogens with one attached hydrogen (secondary N) is 4. The zero-order chi connectivity index (χ0) is 43.1. The summed E-state index contributed by atoms with van der Waals surface area (Å²) in [7, 11) is -2.97. The van der Waals surface area contributed by atoms with Crippen molar-refractivity contribution in [1.29, 1.82) is 0 Å². The number of sulfonamides is 1. The molecule has 1 aliphatic heterocycles. The number of ether oxygens (including phenoxy) is 1. The first-order valence-electron chi connectivity index (χ1n) is 20.5. The lowest BCUT2D eigenvalue weighted by molar-refractivity contribution is -0.145. The van der Waals surface area contributed by atoms with Crippen molar-refractivity contribution >= 4 is 45.5 Å². The Bertz CT molecular complexity index is 2120. The summed E-state index contributed by atoms with van der Waals surface area (Å²) in [6.45, 7) is 4.93. The van der Waals surface area contributed by atoms with Gasteiger partial charge in [0.1, 0.15) is 35.5 Å². The summed E-state index contributed by atoms with van der Waals surface area (Å²) >= 11 is 0. The molecule has 2 aromatic carbocycles. The fourth-order valence-corrected chi connectivity index (χ4v) is 10.1. The molecule has 2 aromatic rings. The third-order valence-corrected chi connectivity index (χ3v) is 14.1. The van der Waals surface area contributed by atoms with E-state index in [1.807, 2.05) is 53.3 Å². The van der Waals surface area contributed by atoms with E-state index in [9.17, 15) is 41.2 Å². The molecule has 60 heavy (non-hydrogen) atoms. The average Bonchev–Trinajstić information content (AvgIpc) is 4.14. The number of amides is 5. The molecule has 3 saturated carbocycles. The van der Waals surface area contributed by atoms with Gasteiger partial charge in [0.25, 0.3) is 5.91 Å². The van der Waals surface area contributed by atoms with Crippen LogP contribution in [-0.2, 0) is 38.8 Å². The first kappa shape index (κ1) is 43.0. The molecular formula is C42H52F2N6O9S. The van der Waals surface area contributed by atoms with Gasteiger partial charge in [-0.2, -0.15) is 0 Å². The maximum absolute atomic E-state index is 14.9. The lowest BCUT2D eigenvalue weighted by Gasteiger charge is -2.37. The van der Waals surface area contributed by atoms with E-state index in [0.717, 1.165) is 41.5 Å². The molecule has 1 heterocycles. The number of benzene rings is 2. The van der Waals surface area contributed by atoms with Crippen LogP contribution in [0.3, 0.4) is 0 Å². The lowest BCUT2D eigenvalue weighted by atomic mass is 9.82. The molecule has 6 atom stereocenters. The number of hydrogen-bond donors (Lipinski definition) is 4. The Labute approximate surface area is 347 Å². The molecule has 0 spiro atoms. The van der Waals surface area contributed by atoms with Crippen molar-refractivity contribution in [3.05, 3.63) is 59.7 Å². The van der Waals surface area contributed by atoms with Crippen LogP contribution in [-0.4, -0.2) is 104 Å². The van der Waals surface area contributed by atoms with E-state index < -0.39 is 98.9 Å². The van der Waals surface area contributed by atoms with Gasteiger partial charge in [-0.3, -0.25) is 23.9 Å². The van der Waals surface area contributed by atoms with E-state index in [0.29, 0.717) is 31.4 Å². The second kappa shape index (κ2) is 16.7. The average molecular weight is 855 g/mol. The number of rotatable bonds is 13. The molecule has 1 saturated heterocycles. The van der Waals surface area contributed by atoms with Gasteiger partial charge >= 0.3 is 6.09 Å². The maximum atomic E-state index is 14.9. The van der Waals surface area contributed by atoms with E-state index in [-0.39, 0.29) is 18.9 Å². The topological polar surface area (TPSA) is 202 Å². The Hall–Kier alpha value is -5.13. The summed E-state index contributed by atoms with van der Waals surface area (Å²) in [5.74, 6) is -5.48. The second-order valence-corrected chi connectivity index (χ2v) is 19.6. The van der Waals surface area contributed by atoms with Crippen molar-refractivity contribution in [2.45, 2.75) is 120 Å². The van der Waals surface area contributed by atoms with Crippen LogP contribution in [0, 0.1) is 17.3 Å². The van der Waals surface area contributed by atoms with Crippen LogP contribution >= 0.6 is 0 Å². The molecular weight excluding hydrogens is 803 g/mol. The minimum Gasteiger partial charge on any atom is -0.453 e. The number of oxime groups is 1. The molecule has 0 radical (unpaired) electrons. The molecule has 15 nitrogen and oxygen atoms in total. The standard InChI is InChI=1S/C42H52F2N6O9S/c1-41(2,3)34(46-37(52)32(45-40(55)58-4)23-12-6-5-7-13-23)38(53)50-22-24(59-48-33-28-16-10-8-14-26(28)27-15-9-11-17-29(27)33)20-31(50)36(51)47-42(21-30(42)35(43)44)39(54)49-60(56,57)25-18-19-25/h8-11,14-17,23-25,30-32,34-35H,5-7,12-13,18-22H2,1-4H3,(H,45,55)(H,46,52)(H,47,51)(H,49,54)/t24-,30+,31?,32+,34-,42+/m1/s1. The number of carbonyl (C=O) groups is 5. The quantitative estimate of drug-likeness (QED) is 0.184. The van der Waals surface area contributed by atoms with Crippen LogP contribution in [0.15, 0.2) is 53.7 Å². The summed E-state index contributed by atoms with van der Waals surface area (Å²) in [5.41, 5.74) is 0.817. The smallest absolute Gasteiger partial charge is 0.407 e. The number of hydrogen-bond acceptors (Lipinski definition) is 10. The predicted octanol–water partition coefficient (Wildman–Crippen LogP) is 3.99. The van der Waals surface area contributed by atoms with Crippen LogP contribution in [0.1, 0.15) is 89.7 Å². The molecule has 7 rings (SSSR count). The normalized spacial score (nSPS) is 24.7. The number of fused-ring (bicyclic) bond motifs is 3. The number of alkyl carbamates (subject to hydrolysis) is 1. The highest BCUT2D eigenvalue weighted by atomic mass is 32.2. The molecule has 4 aliphatic carbocycles. The van der Waals surface area contributed by atoms with Crippen LogP contribution < -0.4 is 20.7 Å². The number of carbonyl (C=O) groups excluding carboxylic acids is 5. The monoisotopic (exact) mass is 854 g/mol. The van der Waals surface area contributed by atoms with E-state index in [4.69, 9.17) is 9.57 Å². The second-order valence-electron chi connectivity index (χ2n) is 17.6. The molecule has 324 valence electrons. The van der Waals surface area contributed by atoms with E-state index in [1.165, 1.54) is 12.0 Å². The van der Waals surface area contributed by atoms with Crippen LogP contribution in [0.4, 0.5) is 13.6 Å². The molecule has 0 aromatic heterocycles. The van der Waals surface area contributed by atoms with Gasteiger partial charge in [0.05, 0.1) is 24.8 Å². The van der Waals surface area contributed by atoms with Gasteiger partial charge in [0, 0.05) is 17.5 Å². The Morgan fingerprint density at radius 1 is 0.883 bits per heavy atom. The summed E-state index contributed by atoms with van der Waals surface area (Å²) in [6.07, 6.45) is -0.867. The Kier molecular flexibility index (Phi) is 12.0. The first-order valence-corrected chi connectivity index (χ1v) is 22.0. The fraction of sp³-hybridized carbons (Fsp3) is 0.571. The SMILES string of the molecule is COC(=O)N[C@H](C(=O)N[C@H](C(=O)N1C[C@H](ON=C2c3ccccc3-c3ccccc32)CC1C(=O)N[C@@]1(C(=O)NS(=O)(=O)C2CC2)C[C@H]1C(F)F)C(C)(C)C)C1CCCCC1. The number of halogens is 2. The fourth-order valence-electron chi connectivity index (χ4n) is 8.72. The van der Waals surface area contributed by atoms with E-state index in [2.05, 4.69) is 21.1 Å². The molecule has 4 N–H and O–H groups in total. The van der Waals surface area contributed by atoms with Crippen LogP contribution in [0.2, 0.25) is 0 Å². The predicted molar refractivity (Wildman–Crippen MR) is 215 cm³/mol. The summed E-state index contributed by atoms with van der Waals surface area (Å²) in [6, 6.07) is 11.5. The van der Waals surface area contributed by atoms with Gasteiger partial charge in [0.2, 0.25) is 34.2 Å². The van der Waals surface area contributed by atoms with Gasteiger partial charge in [-0.05, 0) is 54.6 Å². The Morgan fingerprint density at radius 3 is 2.02 bits per heavy atom. The minimum absolute atomic E-state index is 0.186. The van der Waals surface area contributed by atoms with Crippen molar-refractivity contribution < 1.29 is 50.7 Å². The molecule has 5 aliphatic rings. The van der Waals surface area contributed by atoms with E-state index >= 15 is 0 Å². The molecule has 18 heteroatoms. The van der Waals surface area contributed by atoms with Crippen molar-refractivity contribution in [1.82, 2.24) is 25.6 Å². The molecule has 5 amide bonds. The first-order chi connectivity index (χ1) is 28.4. The highest BCUT2D eigenvalue weighted by molar-refractivity contribution is 7.91. The van der Waals surface area contributed by atoms with Crippen LogP contribution in [0.25, 0.3) is 11.1 Å². The van der Waals surface area contributed by atoms with Crippen molar-refractivity contribution in [3.8, 4) is 11.1 Å². The Morgan fingerprint density at radius 2 is 1.48 bits per heavy atom. The third kappa shape index (κ3) is 8.70. The van der Waals surface area contributed by atoms with Gasteiger partial charge in [-0.15, -0.1) is 0 Å². The lowest BCUT2D eigenvalue weighted by Crippen LogP contribution is -2.62. The molecule has 0 bridgehead atoms. The van der Waals surface area contributed by atoms with Crippen molar-refractivity contribution in [2.75, 3.05) is 13.7 Å². The Balaban J connectivity index is 1.18. The van der Waals surface area contributed by atoms with Crippen molar-refractivity contribution in [3.63, 3.8) is 0 Å². The molecule has 1 unspecified atom stereocenters. The largest absolute Gasteiger partial charge is 0.453 e. The number of nitrogens with zero attached hydrogens (tertiary/aromatic N) is 2. The maximum Gasteiger partial charge on any atom is 0.407 e. The number of methoxy groups -OCH3 is 1. The number of alkyl halides is 2. The zero-order valence-electron chi connectivity index (χ0n) is 34.0. The highest BCUT2D eigenvalue weighted by Gasteiger charge is 2.67. The summed E-state index contributed by atoms with van der Waals surface area (Å²) in [4.78, 5) is 76.5. The van der Waals surface area contributed by atoms with Gasteiger partial charge in [0.15, 0.2) is 0 Å². The van der Waals surface area contributed by atoms with Crippen LogP contribution in [0.5, 0.6) is 0 Å². The van der Waals surface area contributed by atoms with Crippen molar-refractivity contribution in [2.24, 2.45) is 22.4 Å². The van der Waals surface area contributed by atoms with Gasteiger partial charge in [-0.25, -0.2) is 22.0 Å². The number of likely N-dealkylation sites (tertiary alicyclic amines) is 1. The summed E-state index contributed by atoms with van der Waals surface area (Å²) in [5, 5.41) is 11.6. The molecule has 4 fully saturated rings. The zero-order valence-corrected chi connectivity index (χ0v) is 34.9. The minimum atomic E-state index is -4.16. The van der Waals surface area contributed by atoms with E-state index in [1.54, 1.807) is 20.8 Å². The van der Waals surface area contributed by atoms with Gasteiger partial charge in [-0.1, -0.05) is 93.7 Å². The third-order valence-electron chi connectivity index (χ3n) is 12.3.